The Balaban J connectivity index is 2.36. The number of nitrogens with zero attached hydrogens (tertiary/aromatic N) is 1. The van der Waals surface area contributed by atoms with E-state index < -0.39 is 12.7 Å². The molecule has 1 unspecified atom stereocenters. The predicted molar refractivity (Wildman–Crippen MR) is 49.1 cm³/mol. The van der Waals surface area contributed by atoms with Crippen LogP contribution >= 0.6 is 0 Å². The van der Waals surface area contributed by atoms with Crippen LogP contribution in [0.5, 0.6) is 0 Å². The first kappa shape index (κ1) is 11.8. The van der Waals surface area contributed by atoms with Crippen molar-refractivity contribution in [1.82, 2.24) is 10.2 Å². The monoisotopic (exact) mass is 210 g/mol. The number of halogens is 3. The van der Waals surface area contributed by atoms with Crippen molar-refractivity contribution in [3.63, 3.8) is 0 Å². The van der Waals surface area contributed by atoms with Crippen LogP contribution in [0.25, 0.3) is 0 Å². The smallest absolute Gasteiger partial charge is 0.316 e. The zero-order valence-electron chi connectivity index (χ0n) is 8.62. The van der Waals surface area contributed by atoms with E-state index in [9.17, 15) is 13.2 Å². The van der Waals surface area contributed by atoms with Crippen molar-refractivity contribution >= 4 is 0 Å². The maximum Gasteiger partial charge on any atom is 0.401 e. The van der Waals surface area contributed by atoms with E-state index in [1.807, 2.05) is 6.92 Å². The zero-order valence-corrected chi connectivity index (χ0v) is 8.62. The van der Waals surface area contributed by atoms with Gasteiger partial charge in [-0.15, -0.1) is 0 Å². The van der Waals surface area contributed by atoms with Crippen LogP contribution in [0.1, 0.15) is 13.3 Å². The van der Waals surface area contributed by atoms with Gasteiger partial charge in [0.2, 0.25) is 0 Å². The van der Waals surface area contributed by atoms with Crippen LogP contribution in [-0.4, -0.2) is 44.3 Å². The van der Waals surface area contributed by atoms with Gasteiger partial charge in [0, 0.05) is 13.1 Å². The average molecular weight is 210 g/mol. The van der Waals surface area contributed by atoms with Gasteiger partial charge < -0.3 is 5.32 Å². The van der Waals surface area contributed by atoms with Gasteiger partial charge in [0.05, 0.1) is 6.54 Å². The number of hydrogen-bond acceptors (Lipinski definition) is 2. The number of rotatable bonds is 3. The summed E-state index contributed by atoms with van der Waals surface area (Å²) in [7, 11) is 1.52. The summed E-state index contributed by atoms with van der Waals surface area (Å²) in [6, 6.07) is 0. The predicted octanol–water partition coefficient (Wildman–Crippen LogP) is 1.48. The van der Waals surface area contributed by atoms with Crippen molar-refractivity contribution in [2.75, 3.05) is 33.2 Å². The van der Waals surface area contributed by atoms with E-state index >= 15 is 0 Å². The summed E-state index contributed by atoms with van der Waals surface area (Å²) < 4.78 is 36.1. The van der Waals surface area contributed by atoms with E-state index in [0.29, 0.717) is 6.54 Å². The molecule has 14 heavy (non-hydrogen) atoms. The van der Waals surface area contributed by atoms with Crippen molar-refractivity contribution in [3.05, 3.63) is 0 Å². The maximum absolute atomic E-state index is 12.0. The third-order valence-corrected chi connectivity index (χ3v) is 2.56. The summed E-state index contributed by atoms with van der Waals surface area (Å²) >= 11 is 0. The molecular weight excluding hydrogens is 193 g/mol. The topological polar surface area (TPSA) is 15.3 Å². The van der Waals surface area contributed by atoms with Crippen LogP contribution in [0, 0.1) is 5.41 Å². The summed E-state index contributed by atoms with van der Waals surface area (Å²) in [5.74, 6) is 0. The van der Waals surface area contributed by atoms with Crippen LogP contribution < -0.4 is 5.32 Å². The van der Waals surface area contributed by atoms with E-state index in [2.05, 4.69) is 5.32 Å². The SMILES string of the molecule is CN(CC(F)(F)F)CC1(C)CCNC1. The molecule has 0 spiro atoms. The molecule has 84 valence electrons. The van der Waals surface area contributed by atoms with E-state index in [1.165, 1.54) is 11.9 Å². The Morgan fingerprint density at radius 3 is 2.50 bits per heavy atom. The van der Waals surface area contributed by atoms with Crippen molar-refractivity contribution in [2.24, 2.45) is 5.41 Å². The summed E-state index contributed by atoms with van der Waals surface area (Å²) in [5, 5.41) is 3.17. The van der Waals surface area contributed by atoms with E-state index in [-0.39, 0.29) is 5.41 Å². The molecule has 1 heterocycles. The molecule has 0 aromatic heterocycles. The minimum absolute atomic E-state index is 0.000000000000000222. The number of alkyl halides is 3. The molecule has 1 N–H and O–H groups in total. The lowest BCUT2D eigenvalue weighted by atomic mass is 9.89. The lowest BCUT2D eigenvalue weighted by Crippen LogP contribution is -2.39. The first-order valence-corrected chi connectivity index (χ1v) is 4.77. The Bertz CT molecular complexity index is 185. The van der Waals surface area contributed by atoms with Crippen LogP contribution in [0.3, 0.4) is 0 Å². The fourth-order valence-electron chi connectivity index (χ4n) is 2.02. The minimum Gasteiger partial charge on any atom is -0.316 e. The highest BCUT2D eigenvalue weighted by molar-refractivity contribution is 4.86. The summed E-state index contributed by atoms with van der Waals surface area (Å²) in [6.45, 7) is 3.44. The second-order valence-electron chi connectivity index (χ2n) is 4.52. The quantitative estimate of drug-likeness (QED) is 0.759. The number of nitrogens with one attached hydrogen (secondary N) is 1. The van der Waals surface area contributed by atoms with Gasteiger partial charge in [-0.05, 0) is 25.4 Å². The summed E-state index contributed by atoms with van der Waals surface area (Å²) in [4.78, 5) is 1.35. The van der Waals surface area contributed by atoms with Crippen LogP contribution in [0.4, 0.5) is 13.2 Å². The normalized spacial score (nSPS) is 28.7. The molecule has 1 fully saturated rings. The number of hydrogen-bond donors (Lipinski definition) is 1. The molecule has 0 radical (unpaired) electrons. The third kappa shape index (κ3) is 3.84. The fraction of sp³-hybridized carbons (Fsp3) is 1.00. The van der Waals surface area contributed by atoms with Crippen LogP contribution in [0.2, 0.25) is 0 Å². The van der Waals surface area contributed by atoms with Gasteiger partial charge in [-0.1, -0.05) is 6.92 Å². The third-order valence-electron chi connectivity index (χ3n) is 2.56. The van der Waals surface area contributed by atoms with Crippen LogP contribution in [-0.2, 0) is 0 Å². The van der Waals surface area contributed by atoms with Crippen molar-refractivity contribution in [2.45, 2.75) is 19.5 Å². The molecule has 0 aromatic rings. The van der Waals surface area contributed by atoms with Crippen LogP contribution in [0.15, 0.2) is 0 Å². The Hall–Kier alpha value is -0.290. The minimum atomic E-state index is -4.09. The zero-order chi connectivity index (χ0) is 10.8. The largest absolute Gasteiger partial charge is 0.401 e. The van der Waals surface area contributed by atoms with Crippen molar-refractivity contribution in [1.29, 1.82) is 0 Å². The molecule has 0 bridgehead atoms. The van der Waals surface area contributed by atoms with Gasteiger partial charge >= 0.3 is 6.18 Å². The molecule has 1 saturated heterocycles. The summed E-state index contributed by atoms with van der Waals surface area (Å²) in [5.41, 5.74) is 0.000000000000000222. The first-order chi connectivity index (χ1) is 6.31. The van der Waals surface area contributed by atoms with Crippen molar-refractivity contribution < 1.29 is 13.2 Å². The molecule has 5 heteroatoms. The second kappa shape index (κ2) is 4.06. The molecule has 1 aliphatic heterocycles. The average Bonchev–Trinajstić information content (AvgIpc) is 2.30. The fourth-order valence-corrected chi connectivity index (χ4v) is 2.02. The van der Waals surface area contributed by atoms with Gasteiger partial charge in [-0.3, -0.25) is 4.90 Å². The molecule has 0 amide bonds. The Morgan fingerprint density at radius 2 is 2.07 bits per heavy atom. The molecule has 0 aromatic carbocycles. The van der Waals surface area contributed by atoms with Gasteiger partial charge in [0.15, 0.2) is 0 Å². The molecule has 0 aliphatic carbocycles. The van der Waals surface area contributed by atoms with Gasteiger partial charge in [-0.2, -0.15) is 13.2 Å². The standard InChI is InChI=1S/C9H17F3N2/c1-8(3-4-13-5-8)6-14(2)7-9(10,11)12/h13H,3-7H2,1-2H3. The van der Waals surface area contributed by atoms with Gasteiger partial charge in [0.25, 0.3) is 0 Å². The first-order valence-electron chi connectivity index (χ1n) is 4.77. The summed E-state index contributed by atoms with van der Waals surface area (Å²) in [6.07, 6.45) is -3.13. The molecule has 2 nitrogen and oxygen atoms in total. The van der Waals surface area contributed by atoms with Gasteiger partial charge in [-0.25, -0.2) is 0 Å². The molecule has 1 rings (SSSR count). The van der Waals surface area contributed by atoms with Crippen molar-refractivity contribution in [3.8, 4) is 0 Å². The Morgan fingerprint density at radius 1 is 1.43 bits per heavy atom. The molecule has 0 saturated carbocycles. The molecule has 1 aliphatic rings. The second-order valence-corrected chi connectivity index (χ2v) is 4.52. The van der Waals surface area contributed by atoms with E-state index in [0.717, 1.165) is 19.5 Å². The molecular formula is C9H17F3N2. The highest BCUT2D eigenvalue weighted by Crippen LogP contribution is 2.26. The maximum atomic E-state index is 12.0. The lowest BCUT2D eigenvalue weighted by molar-refractivity contribution is -0.145. The Kier molecular flexibility index (Phi) is 3.42. The Labute approximate surface area is 82.5 Å². The highest BCUT2D eigenvalue weighted by atomic mass is 19.4. The van der Waals surface area contributed by atoms with E-state index in [1.54, 1.807) is 0 Å². The molecule has 1 atom stereocenters. The lowest BCUT2D eigenvalue weighted by Gasteiger charge is -2.29. The highest BCUT2D eigenvalue weighted by Gasteiger charge is 2.34. The van der Waals surface area contributed by atoms with E-state index in [4.69, 9.17) is 0 Å². The van der Waals surface area contributed by atoms with Gasteiger partial charge in [0.1, 0.15) is 0 Å².